The van der Waals surface area contributed by atoms with Crippen molar-refractivity contribution < 1.29 is 23.3 Å². The van der Waals surface area contributed by atoms with Gasteiger partial charge in [0.15, 0.2) is 23.3 Å². The molecule has 4 aliphatic rings. The number of benzene rings is 1. The molecule has 1 spiro atoms. The number of rotatable bonds is 3. The minimum Gasteiger partial charge on any atom is -0.493 e. The molecule has 26 heavy (non-hydrogen) atoms. The van der Waals surface area contributed by atoms with Crippen LogP contribution in [0, 0.1) is 0 Å². The molecule has 0 saturated carbocycles. The third-order valence-corrected chi connectivity index (χ3v) is 7.09. The van der Waals surface area contributed by atoms with Crippen molar-refractivity contribution in [3.8, 4) is 11.5 Å². The van der Waals surface area contributed by atoms with Gasteiger partial charge in [-0.1, -0.05) is 6.07 Å². The van der Waals surface area contributed by atoms with Crippen molar-refractivity contribution in [3.05, 3.63) is 35.4 Å². The maximum Gasteiger partial charge on any atom is 0.226 e. The summed E-state index contributed by atoms with van der Waals surface area (Å²) in [6.45, 7) is 0.795. The zero-order valence-electron chi connectivity index (χ0n) is 15.5. The number of alkyl halides is 1. The molecule has 4 atom stereocenters. The first-order chi connectivity index (χ1) is 12.5. The number of piperidine rings is 1. The SMILES string of the molecule is COc1ccc2c3c1OC1C(OC)(OC)C=CC4(F)[C@@H](C2)N(C)CC[C@]314. The van der Waals surface area contributed by atoms with Gasteiger partial charge >= 0.3 is 0 Å². The van der Waals surface area contributed by atoms with E-state index in [9.17, 15) is 0 Å². The summed E-state index contributed by atoms with van der Waals surface area (Å²) in [6.07, 6.45) is 4.03. The van der Waals surface area contributed by atoms with Crippen molar-refractivity contribution in [3.63, 3.8) is 0 Å². The van der Waals surface area contributed by atoms with E-state index in [1.54, 1.807) is 33.5 Å². The van der Waals surface area contributed by atoms with E-state index in [4.69, 9.17) is 18.9 Å². The van der Waals surface area contributed by atoms with Crippen LogP contribution in [-0.2, 0) is 21.3 Å². The van der Waals surface area contributed by atoms with E-state index >= 15 is 4.39 Å². The maximum atomic E-state index is 16.8. The Kier molecular flexibility index (Phi) is 3.18. The minimum absolute atomic E-state index is 0.239. The third kappa shape index (κ3) is 1.54. The third-order valence-electron chi connectivity index (χ3n) is 7.09. The molecule has 2 aliphatic heterocycles. The molecule has 2 bridgehead atoms. The lowest BCUT2D eigenvalue weighted by Crippen LogP contribution is -2.75. The van der Waals surface area contributed by atoms with Gasteiger partial charge in [0.05, 0.1) is 18.6 Å². The van der Waals surface area contributed by atoms with Crippen LogP contribution in [0.2, 0.25) is 0 Å². The quantitative estimate of drug-likeness (QED) is 0.610. The molecule has 0 N–H and O–H groups in total. The molecule has 0 radical (unpaired) electrons. The van der Waals surface area contributed by atoms with Crippen molar-refractivity contribution in [2.24, 2.45) is 0 Å². The predicted molar refractivity (Wildman–Crippen MR) is 93.6 cm³/mol. The smallest absolute Gasteiger partial charge is 0.226 e. The summed E-state index contributed by atoms with van der Waals surface area (Å²) < 4.78 is 40.3. The second-order valence-electron chi connectivity index (χ2n) is 7.78. The van der Waals surface area contributed by atoms with Gasteiger partial charge in [-0.25, -0.2) is 4.39 Å². The van der Waals surface area contributed by atoms with Crippen molar-refractivity contribution in [2.45, 2.75) is 41.9 Å². The van der Waals surface area contributed by atoms with Gasteiger partial charge in [0, 0.05) is 19.8 Å². The summed E-state index contributed by atoms with van der Waals surface area (Å²) in [5.74, 6) is 0.143. The van der Waals surface area contributed by atoms with Crippen LogP contribution in [0.5, 0.6) is 11.5 Å². The van der Waals surface area contributed by atoms with Crippen LogP contribution in [-0.4, -0.2) is 63.4 Å². The fourth-order valence-corrected chi connectivity index (χ4v) is 5.81. The van der Waals surface area contributed by atoms with Crippen LogP contribution < -0.4 is 9.47 Å². The number of halogens is 1. The Balaban J connectivity index is 1.86. The van der Waals surface area contributed by atoms with E-state index in [-0.39, 0.29) is 6.04 Å². The molecule has 1 fully saturated rings. The van der Waals surface area contributed by atoms with Crippen LogP contribution in [0.15, 0.2) is 24.3 Å². The predicted octanol–water partition coefficient (Wildman–Crippen LogP) is 2.22. The molecular formula is C20H24FNO4. The number of nitrogens with zero attached hydrogens (tertiary/aromatic N) is 1. The first-order valence-electron chi connectivity index (χ1n) is 9.04. The van der Waals surface area contributed by atoms with Gasteiger partial charge in [-0.2, -0.15) is 0 Å². The summed E-state index contributed by atoms with van der Waals surface area (Å²) >= 11 is 0. The van der Waals surface area contributed by atoms with Crippen molar-refractivity contribution >= 4 is 0 Å². The molecule has 5 rings (SSSR count). The lowest BCUT2D eigenvalue weighted by molar-refractivity contribution is -0.255. The van der Waals surface area contributed by atoms with Gasteiger partial charge in [0.25, 0.3) is 0 Å². The van der Waals surface area contributed by atoms with E-state index in [0.717, 1.165) is 17.7 Å². The van der Waals surface area contributed by atoms with E-state index in [1.165, 1.54) is 0 Å². The van der Waals surface area contributed by atoms with Crippen LogP contribution >= 0.6 is 0 Å². The Morgan fingerprint density at radius 1 is 1.19 bits per heavy atom. The molecule has 6 heteroatoms. The van der Waals surface area contributed by atoms with E-state index in [1.807, 2.05) is 13.1 Å². The number of hydrogen-bond donors (Lipinski definition) is 0. The van der Waals surface area contributed by atoms with Gasteiger partial charge in [-0.05, 0) is 50.2 Å². The summed E-state index contributed by atoms with van der Waals surface area (Å²) in [7, 11) is 6.77. The highest BCUT2D eigenvalue weighted by atomic mass is 19.1. The lowest BCUT2D eigenvalue weighted by Gasteiger charge is -2.61. The first kappa shape index (κ1) is 16.5. The van der Waals surface area contributed by atoms with Crippen molar-refractivity contribution in [1.29, 1.82) is 0 Å². The lowest BCUT2D eigenvalue weighted by atomic mass is 9.51. The minimum atomic E-state index is -1.55. The maximum absolute atomic E-state index is 16.8. The number of ether oxygens (including phenoxy) is 4. The highest BCUT2D eigenvalue weighted by Crippen LogP contribution is 2.67. The molecule has 1 saturated heterocycles. The normalized spacial score (nSPS) is 38.7. The Morgan fingerprint density at radius 3 is 2.65 bits per heavy atom. The highest BCUT2D eigenvalue weighted by molar-refractivity contribution is 5.64. The monoisotopic (exact) mass is 361 g/mol. The molecule has 2 heterocycles. The first-order valence-corrected chi connectivity index (χ1v) is 9.04. The highest BCUT2D eigenvalue weighted by Gasteiger charge is 2.76. The molecule has 2 aliphatic carbocycles. The van der Waals surface area contributed by atoms with Crippen LogP contribution in [0.3, 0.4) is 0 Å². The van der Waals surface area contributed by atoms with Gasteiger partial charge in [-0.15, -0.1) is 0 Å². The Morgan fingerprint density at radius 2 is 1.96 bits per heavy atom. The van der Waals surface area contributed by atoms with Crippen LogP contribution in [0.1, 0.15) is 17.5 Å². The Bertz CT molecular complexity index is 807. The van der Waals surface area contributed by atoms with Crippen molar-refractivity contribution in [1.82, 2.24) is 4.90 Å². The zero-order valence-corrected chi connectivity index (χ0v) is 15.5. The molecule has 1 aromatic rings. The summed E-state index contributed by atoms with van der Waals surface area (Å²) in [6, 6.07) is 3.73. The number of methoxy groups -OCH3 is 3. The molecule has 0 amide bonds. The molecule has 5 nitrogen and oxygen atoms in total. The molecule has 140 valence electrons. The second-order valence-corrected chi connectivity index (χ2v) is 7.78. The average molecular weight is 361 g/mol. The van der Waals surface area contributed by atoms with Gasteiger partial charge < -0.3 is 18.9 Å². The topological polar surface area (TPSA) is 40.2 Å². The Hall–Kier alpha value is -1.63. The van der Waals surface area contributed by atoms with E-state index < -0.39 is 23.0 Å². The van der Waals surface area contributed by atoms with Crippen LogP contribution in [0.4, 0.5) is 4.39 Å². The standard InChI is InChI=1S/C20H24FNO4/c1-22-10-9-18-15-12-5-6-13(23-2)16(15)26-17(18)20(24-3,25-4)8-7-19(18,21)14(22)11-12/h5-8,14,17H,9-11H2,1-4H3/t14-,17?,18+,19?/m1/s1. The number of likely N-dealkylation sites (N-methyl/N-ethyl adjacent to an activating group) is 1. The van der Waals surface area contributed by atoms with E-state index in [2.05, 4.69) is 11.0 Å². The van der Waals surface area contributed by atoms with Gasteiger partial charge in [-0.3, -0.25) is 4.90 Å². The van der Waals surface area contributed by atoms with Crippen molar-refractivity contribution in [2.75, 3.05) is 34.9 Å². The average Bonchev–Trinajstić information content (AvgIpc) is 3.01. The molecule has 1 aromatic carbocycles. The van der Waals surface area contributed by atoms with E-state index in [0.29, 0.717) is 24.3 Å². The second kappa shape index (κ2) is 5.00. The number of hydrogen-bond acceptors (Lipinski definition) is 5. The summed E-state index contributed by atoms with van der Waals surface area (Å²) in [5, 5.41) is 0. The molecular weight excluding hydrogens is 337 g/mol. The largest absolute Gasteiger partial charge is 0.493 e. The van der Waals surface area contributed by atoms with Gasteiger partial charge in [0.1, 0.15) is 0 Å². The number of likely N-dealkylation sites (tertiary alicyclic amines) is 1. The van der Waals surface area contributed by atoms with Crippen LogP contribution in [0.25, 0.3) is 0 Å². The summed E-state index contributed by atoms with van der Waals surface area (Å²) in [5.41, 5.74) is -0.320. The molecule has 0 aromatic heterocycles. The van der Waals surface area contributed by atoms with Gasteiger partial charge in [0.2, 0.25) is 5.79 Å². The Labute approximate surface area is 152 Å². The fraction of sp³-hybridized carbons (Fsp3) is 0.600. The zero-order chi connectivity index (χ0) is 18.3. The fourth-order valence-electron chi connectivity index (χ4n) is 5.81. The molecule has 2 unspecified atom stereocenters. The summed E-state index contributed by atoms with van der Waals surface area (Å²) in [4.78, 5) is 2.13.